The minimum absolute atomic E-state index is 0.411. The molecular weight excluding hydrogens is 378 g/mol. The Morgan fingerprint density at radius 2 is 1.71 bits per heavy atom. The van der Waals surface area contributed by atoms with Crippen LogP contribution in [0.5, 0.6) is 5.75 Å². The molecule has 0 bridgehead atoms. The van der Waals surface area contributed by atoms with Crippen molar-refractivity contribution in [2.75, 3.05) is 17.7 Å². The Balaban J connectivity index is 1.72. The molecule has 1 heterocycles. The van der Waals surface area contributed by atoms with Crippen molar-refractivity contribution in [1.82, 2.24) is 0 Å². The molecule has 2 amide bonds. The molecule has 0 saturated carbocycles. The summed E-state index contributed by atoms with van der Waals surface area (Å²) < 4.78 is 17.4. The zero-order valence-corrected chi connectivity index (χ0v) is 17.4. The minimum atomic E-state index is -0.497. The molecule has 0 atom stereocenters. The lowest BCUT2D eigenvalue weighted by molar-refractivity contribution is 0.00578. The van der Waals surface area contributed by atoms with E-state index in [0.29, 0.717) is 22.1 Å². The number of nitrogens with one attached hydrogen (secondary N) is 2. The smallest absolute Gasteiger partial charge is 0.494 e. The molecule has 0 aliphatic carbocycles. The quantitative estimate of drug-likeness (QED) is 0.749. The third-order valence-electron chi connectivity index (χ3n) is 5.08. The summed E-state index contributed by atoms with van der Waals surface area (Å²) in [4.78, 5) is 12.4. The SMILES string of the molecule is COc1ccc(Cl)cc1NC(=O)Nc1cccc(B2OC(C)(C)C(C)(C)O2)c1. The molecule has 2 aromatic carbocycles. The average molecular weight is 403 g/mol. The van der Waals surface area contributed by atoms with Gasteiger partial charge in [0.2, 0.25) is 0 Å². The highest BCUT2D eigenvalue weighted by Crippen LogP contribution is 2.36. The van der Waals surface area contributed by atoms with Crippen LogP contribution in [-0.2, 0) is 9.31 Å². The van der Waals surface area contributed by atoms with Crippen molar-refractivity contribution in [2.45, 2.75) is 38.9 Å². The number of carbonyl (C=O) groups excluding carboxylic acids is 1. The number of benzene rings is 2. The fraction of sp³-hybridized carbons (Fsp3) is 0.350. The molecule has 0 radical (unpaired) electrons. The number of amides is 2. The molecule has 1 saturated heterocycles. The Labute approximate surface area is 170 Å². The van der Waals surface area contributed by atoms with Crippen LogP contribution >= 0.6 is 11.6 Å². The van der Waals surface area contributed by atoms with Crippen LogP contribution in [0.2, 0.25) is 5.02 Å². The number of methoxy groups -OCH3 is 1. The minimum Gasteiger partial charge on any atom is -0.495 e. The second kappa shape index (κ2) is 7.66. The van der Waals surface area contributed by atoms with Gasteiger partial charge in [-0.3, -0.25) is 0 Å². The summed E-state index contributed by atoms with van der Waals surface area (Å²) in [6.45, 7) is 8.00. The van der Waals surface area contributed by atoms with Crippen molar-refractivity contribution in [3.8, 4) is 5.75 Å². The van der Waals surface area contributed by atoms with E-state index >= 15 is 0 Å². The summed E-state index contributed by atoms with van der Waals surface area (Å²) in [5, 5.41) is 6.05. The predicted octanol–water partition coefficient (Wildman–Crippen LogP) is 4.29. The molecule has 1 aliphatic heterocycles. The van der Waals surface area contributed by atoms with Gasteiger partial charge in [0.05, 0.1) is 24.0 Å². The molecule has 28 heavy (non-hydrogen) atoms. The Bertz CT molecular complexity index is 872. The highest BCUT2D eigenvalue weighted by atomic mass is 35.5. The van der Waals surface area contributed by atoms with Gasteiger partial charge in [0.1, 0.15) is 5.75 Å². The fourth-order valence-corrected chi connectivity index (χ4v) is 2.98. The van der Waals surface area contributed by atoms with Crippen LogP contribution in [0.25, 0.3) is 0 Å². The summed E-state index contributed by atoms with van der Waals surface area (Å²) >= 11 is 6.00. The Hall–Kier alpha value is -2.22. The summed E-state index contributed by atoms with van der Waals surface area (Å²) in [6.07, 6.45) is 0. The maximum Gasteiger partial charge on any atom is 0.494 e. The van der Waals surface area contributed by atoms with Crippen LogP contribution in [0.1, 0.15) is 27.7 Å². The highest BCUT2D eigenvalue weighted by molar-refractivity contribution is 6.62. The van der Waals surface area contributed by atoms with E-state index in [1.165, 1.54) is 7.11 Å². The zero-order valence-electron chi connectivity index (χ0n) is 16.6. The third kappa shape index (κ3) is 4.27. The number of halogens is 1. The first kappa shape index (κ1) is 20.5. The molecule has 2 aromatic rings. The maximum atomic E-state index is 12.4. The lowest BCUT2D eigenvalue weighted by Crippen LogP contribution is -2.41. The summed E-state index contributed by atoms with van der Waals surface area (Å²) in [5.74, 6) is 0.519. The molecule has 2 N–H and O–H groups in total. The van der Waals surface area contributed by atoms with Crippen molar-refractivity contribution in [1.29, 1.82) is 0 Å². The number of ether oxygens (including phenoxy) is 1. The van der Waals surface area contributed by atoms with Gasteiger partial charge in [0.25, 0.3) is 0 Å². The number of hydrogen-bond donors (Lipinski definition) is 2. The predicted molar refractivity (Wildman–Crippen MR) is 113 cm³/mol. The van der Waals surface area contributed by atoms with Crippen LogP contribution in [-0.4, -0.2) is 31.5 Å². The van der Waals surface area contributed by atoms with Crippen molar-refractivity contribution >= 4 is 41.6 Å². The van der Waals surface area contributed by atoms with Crippen molar-refractivity contribution in [3.63, 3.8) is 0 Å². The van der Waals surface area contributed by atoms with Gasteiger partial charge in [-0.15, -0.1) is 0 Å². The van der Waals surface area contributed by atoms with Crippen LogP contribution in [0.3, 0.4) is 0 Å². The molecule has 1 fully saturated rings. The van der Waals surface area contributed by atoms with E-state index in [4.69, 9.17) is 25.6 Å². The number of urea groups is 1. The topological polar surface area (TPSA) is 68.8 Å². The van der Waals surface area contributed by atoms with Gasteiger partial charge in [-0.25, -0.2) is 4.79 Å². The maximum absolute atomic E-state index is 12.4. The number of anilines is 2. The van der Waals surface area contributed by atoms with Crippen LogP contribution in [0.4, 0.5) is 16.2 Å². The second-order valence-corrected chi connectivity index (χ2v) is 8.07. The number of hydrogen-bond acceptors (Lipinski definition) is 4. The normalized spacial score (nSPS) is 17.3. The Morgan fingerprint density at radius 1 is 1.04 bits per heavy atom. The molecular formula is C20H24BClN2O4. The lowest BCUT2D eigenvalue weighted by atomic mass is 9.79. The first-order valence-electron chi connectivity index (χ1n) is 8.98. The van der Waals surface area contributed by atoms with E-state index in [1.807, 2.05) is 45.9 Å². The van der Waals surface area contributed by atoms with E-state index in [0.717, 1.165) is 5.46 Å². The van der Waals surface area contributed by atoms with Gasteiger partial charge >= 0.3 is 13.1 Å². The summed E-state index contributed by atoms with van der Waals surface area (Å²) in [5.41, 5.74) is 1.07. The number of rotatable bonds is 4. The van der Waals surface area contributed by atoms with Gasteiger partial charge in [-0.05, 0) is 63.5 Å². The monoisotopic (exact) mass is 402 g/mol. The first-order chi connectivity index (χ1) is 13.1. The van der Waals surface area contributed by atoms with E-state index in [2.05, 4.69) is 10.6 Å². The van der Waals surface area contributed by atoms with E-state index in [9.17, 15) is 4.79 Å². The Kier molecular flexibility index (Phi) is 5.61. The fourth-order valence-electron chi connectivity index (χ4n) is 2.80. The first-order valence-corrected chi connectivity index (χ1v) is 9.36. The van der Waals surface area contributed by atoms with Gasteiger partial charge in [-0.1, -0.05) is 23.7 Å². The summed E-state index contributed by atoms with van der Waals surface area (Å²) in [6, 6.07) is 12.0. The molecule has 3 rings (SSSR count). The van der Waals surface area contributed by atoms with E-state index in [-0.39, 0.29) is 0 Å². The molecule has 8 heteroatoms. The lowest BCUT2D eigenvalue weighted by Gasteiger charge is -2.32. The van der Waals surface area contributed by atoms with Gasteiger partial charge in [0, 0.05) is 10.7 Å². The van der Waals surface area contributed by atoms with Crippen LogP contribution < -0.4 is 20.8 Å². The van der Waals surface area contributed by atoms with E-state index < -0.39 is 24.4 Å². The Morgan fingerprint density at radius 3 is 2.36 bits per heavy atom. The molecule has 6 nitrogen and oxygen atoms in total. The van der Waals surface area contributed by atoms with Crippen molar-refractivity contribution in [2.24, 2.45) is 0 Å². The van der Waals surface area contributed by atoms with Gasteiger partial charge in [0.15, 0.2) is 0 Å². The van der Waals surface area contributed by atoms with Gasteiger partial charge < -0.3 is 24.7 Å². The highest BCUT2D eigenvalue weighted by Gasteiger charge is 2.51. The molecule has 0 aromatic heterocycles. The zero-order chi connectivity index (χ0) is 20.5. The standard InChI is InChI=1S/C20H24BClN2O4/c1-19(2)20(3,4)28-21(27-19)13-7-6-8-15(11-13)23-18(25)24-16-12-14(22)9-10-17(16)26-5/h6-12H,1-5H3,(H2,23,24,25). The largest absolute Gasteiger partial charge is 0.495 e. The summed E-state index contributed by atoms with van der Waals surface area (Å²) in [7, 11) is 1.03. The van der Waals surface area contributed by atoms with Crippen LogP contribution in [0.15, 0.2) is 42.5 Å². The molecule has 0 spiro atoms. The molecule has 148 valence electrons. The third-order valence-corrected chi connectivity index (χ3v) is 5.31. The van der Waals surface area contributed by atoms with E-state index in [1.54, 1.807) is 24.3 Å². The molecule has 1 aliphatic rings. The molecule has 0 unspecified atom stereocenters. The van der Waals surface area contributed by atoms with Crippen molar-refractivity contribution < 1.29 is 18.8 Å². The average Bonchev–Trinajstić information content (AvgIpc) is 2.83. The second-order valence-electron chi connectivity index (χ2n) is 7.64. The van der Waals surface area contributed by atoms with Crippen molar-refractivity contribution in [3.05, 3.63) is 47.5 Å². The van der Waals surface area contributed by atoms with Crippen LogP contribution in [0, 0.1) is 0 Å². The van der Waals surface area contributed by atoms with Gasteiger partial charge in [-0.2, -0.15) is 0 Å². The number of carbonyl (C=O) groups is 1.